The summed E-state index contributed by atoms with van der Waals surface area (Å²) in [5.41, 5.74) is 4.81. The van der Waals surface area contributed by atoms with Gasteiger partial charge in [-0.1, -0.05) is 48.0 Å². The van der Waals surface area contributed by atoms with E-state index in [1.807, 2.05) is 31.2 Å². The number of anilines is 3. The van der Waals surface area contributed by atoms with Gasteiger partial charge in [0.05, 0.1) is 12.2 Å². The first-order chi connectivity index (χ1) is 18.4. The number of carbonyl (C=O) groups excluding carboxylic acids is 2. The second kappa shape index (κ2) is 13.3. The molecule has 0 unspecified atom stereocenters. The Bertz CT molecular complexity index is 1240. The number of benzene rings is 3. The van der Waals surface area contributed by atoms with Crippen LogP contribution in [0.3, 0.4) is 0 Å². The van der Waals surface area contributed by atoms with Crippen LogP contribution in [0.2, 0.25) is 5.02 Å². The van der Waals surface area contributed by atoms with Crippen molar-refractivity contribution in [1.29, 1.82) is 0 Å². The summed E-state index contributed by atoms with van der Waals surface area (Å²) < 4.78 is 5.08. The van der Waals surface area contributed by atoms with E-state index < -0.39 is 6.03 Å². The van der Waals surface area contributed by atoms with Crippen molar-refractivity contribution in [3.8, 4) is 0 Å². The molecule has 200 valence electrons. The fourth-order valence-corrected chi connectivity index (χ4v) is 4.90. The molecule has 1 heterocycles. The van der Waals surface area contributed by atoms with Crippen LogP contribution in [0.4, 0.5) is 21.9 Å². The molecule has 3 aromatic rings. The van der Waals surface area contributed by atoms with Crippen molar-refractivity contribution < 1.29 is 14.3 Å². The first kappa shape index (κ1) is 27.5. The maximum atomic E-state index is 13.2. The largest absolute Gasteiger partial charge is 0.383 e. The van der Waals surface area contributed by atoms with Gasteiger partial charge in [0.2, 0.25) is 0 Å². The SMILES string of the molecule is COCCNC(=O)c1cc(NC(=O)Nc2ccc(C)c(Cl)c2)ccc1N1CCC(Cc2ccccc2)CC1. The molecule has 1 aliphatic rings. The zero-order valence-corrected chi connectivity index (χ0v) is 22.7. The molecule has 0 saturated carbocycles. The molecule has 1 saturated heterocycles. The minimum Gasteiger partial charge on any atom is -0.383 e. The zero-order valence-electron chi connectivity index (χ0n) is 21.9. The van der Waals surface area contributed by atoms with Crippen molar-refractivity contribution in [2.75, 3.05) is 48.9 Å². The van der Waals surface area contributed by atoms with Crippen molar-refractivity contribution in [2.45, 2.75) is 26.2 Å². The van der Waals surface area contributed by atoms with E-state index in [1.165, 1.54) is 5.56 Å². The number of hydrogen-bond donors (Lipinski definition) is 3. The number of aryl methyl sites for hydroxylation is 1. The van der Waals surface area contributed by atoms with Crippen molar-refractivity contribution in [2.24, 2.45) is 5.92 Å². The van der Waals surface area contributed by atoms with Gasteiger partial charge in [-0.3, -0.25) is 4.79 Å². The van der Waals surface area contributed by atoms with Gasteiger partial charge in [0.1, 0.15) is 0 Å². The van der Waals surface area contributed by atoms with Gasteiger partial charge in [-0.15, -0.1) is 0 Å². The quantitative estimate of drug-likeness (QED) is 0.288. The predicted octanol–water partition coefficient (Wildman–Crippen LogP) is 6.13. The van der Waals surface area contributed by atoms with Crippen LogP contribution in [0.1, 0.15) is 34.3 Å². The van der Waals surface area contributed by atoms with Gasteiger partial charge in [-0.05, 0) is 73.6 Å². The molecule has 3 amide bonds. The van der Waals surface area contributed by atoms with Gasteiger partial charge < -0.3 is 25.6 Å². The molecule has 3 aromatic carbocycles. The number of nitrogens with zero attached hydrogens (tertiary/aromatic N) is 1. The van der Waals surface area contributed by atoms with Crippen LogP contribution in [0.25, 0.3) is 0 Å². The van der Waals surface area contributed by atoms with Gasteiger partial charge in [0.15, 0.2) is 0 Å². The van der Waals surface area contributed by atoms with Crippen LogP contribution in [-0.2, 0) is 11.2 Å². The topological polar surface area (TPSA) is 82.7 Å². The number of rotatable bonds is 9. The lowest BCUT2D eigenvalue weighted by Gasteiger charge is -2.35. The first-order valence-corrected chi connectivity index (χ1v) is 13.3. The molecule has 3 N–H and O–H groups in total. The summed E-state index contributed by atoms with van der Waals surface area (Å²) in [6.45, 7) is 4.47. The lowest BCUT2D eigenvalue weighted by Crippen LogP contribution is -2.36. The van der Waals surface area contributed by atoms with Gasteiger partial charge in [-0.2, -0.15) is 0 Å². The Kier molecular flexibility index (Phi) is 9.62. The van der Waals surface area contributed by atoms with Gasteiger partial charge >= 0.3 is 6.03 Å². The van der Waals surface area contributed by atoms with E-state index in [4.69, 9.17) is 16.3 Å². The maximum Gasteiger partial charge on any atom is 0.323 e. The standard InChI is InChI=1S/C30H35ClN4O3/c1-21-8-9-25(20-27(21)31)34-30(37)33-24-10-11-28(26(19-24)29(36)32-14-17-38-2)35-15-12-23(13-16-35)18-22-6-4-3-5-7-22/h3-11,19-20,23H,12-18H2,1-2H3,(H,32,36)(H2,33,34,37). The first-order valence-electron chi connectivity index (χ1n) is 13.0. The normalized spacial score (nSPS) is 13.7. The van der Waals surface area contributed by atoms with Gasteiger partial charge in [0, 0.05) is 48.8 Å². The summed E-state index contributed by atoms with van der Waals surface area (Å²) >= 11 is 6.18. The Morgan fingerprint density at radius 2 is 1.66 bits per heavy atom. The summed E-state index contributed by atoms with van der Waals surface area (Å²) in [7, 11) is 1.60. The molecule has 0 aromatic heterocycles. The Labute approximate surface area is 229 Å². The number of hydrogen-bond acceptors (Lipinski definition) is 4. The van der Waals surface area contributed by atoms with E-state index in [0.29, 0.717) is 41.0 Å². The van der Waals surface area contributed by atoms with Crippen LogP contribution in [-0.4, -0.2) is 45.3 Å². The molecular weight excluding hydrogens is 500 g/mol. The Morgan fingerprint density at radius 3 is 2.34 bits per heavy atom. The molecule has 1 fully saturated rings. The molecule has 0 spiro atoms. The third kappa shape index (κ3) is 7.49. The predicted molar refractivity (Wildman–Crippen MR) is 155 cm³/mol. The highest BCUT2D eigenvalue weighted by atomic mass is 35.5. The monoisotopic (exact) mass is 534 g/mol. The molecule has 4 rings (SSSR count). The van der Waals surface area contributed by atoms with E-state index >= 15 is 0 Å². The zero-order chi connectivity index (χ0) is 26.9. The number of ether oxygens (including phenoxy) is 1. The summed E-state index contributed by atoms with van der Waals surface area (Å²) in [6, 6.07) is 21.0. The van der Waals surface area contributed by atoms with E-state index in [9.17, 15) is 9.59 Å². The molecule has 0 aliphatic carbocycles. The third-order valence-corrected chi connectivity index (χ3v) is 7.25. The van der Waals surface area contributed by atoms with Crippen LogP contribution in [0.5, 0.6) is 0 Å². The number of methoxy groups -OCH3 is 1. The maximum absolute atomic E-state index is 13.2. The molecule has 0 bridgehead atoms. The summed E-state index contributed by atoms with van der Waals surface area (Å²) in [6.07, 6.45) is 3.19. The molecule has 0 radical (unpaired) electrons. The number of halogens is 1. The van der Waals surface area contributed by atoms with Crippen molar-refractivity contribution in [1.82, 2.24) is 5.32 Å². The number of piperidine rings is 1. The van der Waals surface area contributed by atoms with E-state index in [0.717, 1.165) is 43.6 Å². The Hall–Kier alpha value is -3.55. The smallest absolute Gasteiger partial charge is 0.323 e. The fourth-order valence-electron chi connectivity index (χ4n) is 4.72. The average molecular weight is 535 g/mol. The second-order valence-electron chi connectivity index (χ2n) is 9.64. The summed E-state index contributed by atoms with van der Waals surface area (Å²) in [5.74, 6) is 0.422. The third-order valence-electron chi connectivity index (χ3n) is 6.84. The van der Waals surface area contributed by atoms with E-state index in [1.54, 1.807) is 25.3 Å². The number of amides is 3. The minimum atomic E-state index is -0.412. The van der Waals surface area contributed by atoms with Gasteiger partial charge in [0.25, 0.3) is 5.91 Å². The van der Waals surface area contributed by atoms with Crippen molar-refractivity contribution >= 4 is 40.6 Å². The fraction of sp³-hybridized carbons (Fsp3) is 0.333. The highest BCUT2D eigenvalue weighted by molar-refractivity contribution is 6.31. The number of urea groups is 1. The van der Waals surface area contributed by atoms with Crippen LogP contribution < -0.4 is 20.9 Å². The molecule has 7 nitrogen and oxygen atoms in total. The highest BCUT2D eigenvalue weighted by Gasteiger charge is 2.24. The molecule has 0 atom stereocenters. The Morgan fingerprint density at radius 1 is 0.974 bits per heavy atom. The van der Waals surface area contributed by atoms with Crippen LogP contribution in [0.15, 0.2) is 66.7 Å². The molecule has 8 heteroatoms. The Balaban J connectivity index is 1.45. The van der Waals surface area contributed by atoms with Crippen LogP contribution >= 0.6 is 11.6 Å². The lowest BCUT2D eigenvalue weighted by atomic mass is 9.89. The number of nitrogens with one attached hydrogen (secondary N) is 3. The van der Waals surface area contributed by atoms with E-state index in [-0.39, 0.29) is 5.91 Å². The van der Waals surface area contributed by atoms with Crippen LogP contribution in [0, 0.1) is 12.8 Å². The van der Waals surface area contributed by atoms with Crippen molar-refractivity contribution in [3.63, 3.8) is 0 Å². The molecule has 1 aliphatic heterocycles. The number of carbonyl (C=O) groups is 2. The minimum absolute atomic E-state index is 0.196. The summed E-state index contributed by atoms with van der Waals surface area (Å²) in [4.78, 5) is 28.1. The van der Waals surface area contributed by atoms with Crippen molar-refractivity contribution in [3.05, 3.63) is 88.4 Å². The second-order valence-corrected chi connectivity index (χ2v) is 10.1. The average Bonchev–Trinajstić information content (AvgIpc) is 2.92. The molecular formula is C30H35ClN4O3. The highest BCUT2D eigenvalue weighted by Crippen LogP contribution is 2.30. The molecule has 38 heavy (non-hydrogen) atoms. The van der Waals surface area contributed by atoms with E-state index in [2.05, 4.69) is 45.1 Å². The summed E-state index contributed by atoms with van der Waals surface area (Å²) in [5, 5.41) is 9.12. The van der Waals surface area contributed by atoms with Gasteiger partial charge in [-0.25, -0.2) is 4.79 Å². The lowest BCUT2D eigenvalue weighted by molar-refractivity contribution is 0.0937.